The van der Waals surface area contributed by atoms with Gasteiger partial charge in [0.1, 0.15) is 0 Å². The Morgan fingerprint density at radius 3 is 1.14 bits per heavy atom. The van der Waals surface area contributed by atoms with Gasteiger partial charge in [0, 0.05) is 17.1 Å². The third kappa shape index (κ3) is 131. The van der Waals surface area contributed by atoms with E-state index in [0.717, 1.165) is 0 Å². The standard InChI is InChI=1S/Fe.Li.H3O4P.H/c;;1-5(2,3)4;/h;;(H3,1,2,3,4);/i1-55;;;. The summed E-state index contributed by atoms with van der Waals surface area (Å²) in [5, 5.41) is 0. The van der Waals surface area contributed by atoms with Crippen LogP contribution in [0.15, 0.2) is 0 Å². The van der Waals surface area contributed by atoms with Crippen molar-refractivity contribution in [3.05, 3.63) is 0 Å². The van der Waals surface area contributed by atoms with Crippen molar-refractivity contribution in [3.8, 4) is 0 Å². The second kappa shape index (κ2) is 5.37. The van der Waals surface area contributed by atoms with E-state index in [2.05, 4.69) is 0 Å². The van der Waals surface area contributed by atoms with Crippen molar-refractivity contribution >= 4 is 26.7 Å². The Morgan fingerprint density at radius 1 is 1.14 bits per heavy atom. The zero-order chi connectivity index (χ0) is 4.50. The molecule has 0 atom stereocenters. The van der Waals surface area contributed by atoms with Crippen molar-refractivity contribution in [3.63, 3.8) is 0 Å². The van der Waals surface area contributed by atoms with Gasteiger partial charge in [-0.05, 0) is 0 Å². The van der Waals surface area contributed by atoms with Crippen molar-refractivity contribution in [2.75, 3.05) is 0 Å². The first-order valence-corrected chi connectivity index (χ1v) is 2.35. The zero-order valence-electron chi connectivity index (χ0n) is 2.55. The summed E-state index contributed by atoms with van der Waals surface area (Å²) < 4.78 is 8.88. The molecule has 3 N–H and O–H groups in total. The quantitative estimate of drug-likeness (QED) is 0.258. The summed E-state index contributed by atoms with van der Waals surface area (Å²) in [5.74, 6) is 0. The van der Waals surface area contributed by atoms with Gasteiger partial charge in [0.25, 0.3) is 0 Å². The number of rotatable bonds is 0. The first-order chi connectivity index (χ1) is 2.00. The maximum absolute atomic E-state index is 8.88. The zero-order valence-corrected chi connectivity index (χ0v) is 4.55. The van der Waals surface area contributed by atoms with Gasteiger partial charge >= 0.3 is 26.7 Å². The van der Waals surface area contributed by atoms with Gasteiger partial charge in [-0.15, -0.1) is 0 Å². The summed E-state index contributed by atoms with van der Waals surface area (Å²) in [5.41, 5.74) is 0. The molecule has 0 aromatic rings. The summed E-state index contributed by atoms with van der Waals surface area (Å²) in [6.45, 7) is 0. The van der Waals surface area contributed by atoms with Crippen LogP contribution in [0.5, 0.6) is 0 Å². The van der Waals surface area contributed by atoms with Gasteiger partial charge in [0.2, 0.25) is 0 Å². The van der Waals surface area contributed by atoms with Crippen LogP contribution in [0.2, 0.25) is 0 Å². The summed E-state index contributed by atoms with van der Waals surface area (Å²) in [7, 11) is -4.64. The molecular formula is H4FeLiO4P. The van der Waals surface area contributed by atoms with Crippen LogP contribution in [0.1, 0.15) is 0 Å². The van der Waals surface area contributed by atoms with Crippen molar-refractivity contribution in [1.82, 2.24) is 0 Å². The van der Waals surface area contributed by atoms with Gasteiger partial charge in [-0.3, -0.25) is 0 Å². The molecule has 0 unspecified atom stereocenters. The van der Waals surface area contributed by atoms with Gasteiger partial charge < -0.3 is 14.7 Å². The molecule has 0 aliphatic heterocycles. The third-order valence-electron chi connectivity index (χ3n) is 0. The molecular weight excluding hydrogens is 103 g/mol. The van der Waals surface area contributed by atoms with E-state index < -0.39 is 7.82 Å². The molecule has 4 nitrogen and oxygen atoms in total. The molecule has 0 aromatic heterocycles. The number of phosphoric acid groups is 1. The Bertz CT molecular complexity index is 57.8. The van der Waals surface area contributed by atoms with Gasteiger partial charge in [-0.2, -0.15) is 0 Å². The van der Waals surface area contributed by atoms with Crippen LogP contribution >= 0.6 is 7.82 Å². The Hall–Kier alpha value is 1.23. The second-order valence-corrected chi connectivity index (χ2v) is 1.54. The van der Waals surface area contributed by atoms with Crippen molar-refractivity contribution in [2.45, 2.75) is 0 Å². The molecule has 0 heterocycles. The van der Waals surface area contributed by atoms with E-state index in [0.29, 0.717) is 0 Å². The van der Waals surface area contributed by atoms with E-state index in [-0.39, 0.29) is 35.9 Å². The van der Waals surface area contributed by atoms with E-state index in [1.54, 1.807) is 0 Å². The number of hydrogen-bond acceptors (Lipinski definition) is 1. The van der Waals surface area contributed by atoms with Crippen LogP contribution < -0.4 is 0 Å². The fourth-order valence-corrected chi connectivity index (χ4v) is 0. The first kappa shape index (κ1) is 15.7. The Balaban J connectivity index is -0.0000000800. The van der Waals surface area contributed by atoms with Crippen LogP contribution in [0.4, 0.5) is 0 Å². The van der Waals surface area contributed by atoms with Crippen LogP contribution in [0.3, 0.4) is 0 Å². The summed E-state index contributed by atoms with van der Waals surface area (Å²) in [6, 6.07) is 0. The summed E-state index contributed by atoms with van der Waals surface area (Å²) in [4.78, 5) is 21.6. The average Bonchev–Trinajstić information content (AvgIpc) is 0.722. The normalized spacial score (nSPS) is 8.43. The van der Waals surface area contributed by atoms with Crippen LogP contribution in [-0.4, -0.2) is 33.5 Å². The van der Waals surface area contributed by atoms with Crippen LogP contribution in [0, 0.1) is 0 Å². The average molecular weight is 107 g/mol. The molecule has 0 rings (SSSR count). The summed E-state index contributed by atoms with van der Waals surface area (Å²) >= 11 is 0. The van der Waals surface area contributed by atoms with Gasteiger partial charge in [0.15, 0.2) is 0 Å². The topological polar surface area (TPSA) is 77.8 Å². The molecule has 0 saturated carbocycles. The second-order valence-electron chi connectivity index (χ2n) is 0.513. The molecule has 42 valence electrons. The van der Waals surface area contributed by atoms with Gasteiger partial charge in [-0.25, -0.2) is 4.57 Å². The SMILES string of the molecule is O=P(O)(O)O.[1Fe].[LiH]. The Kier molecular flexibility index (Phi) is 12.1. The maximum atomic E-state index is 8.88. The Labute approximate surface area is 63.2 Å². The van der Waals surface area contributed by atoms with Gasteiger partial charge in [0.05, 0.1) is 0 Å². The van der Waals surface area contributed by atoms with Crippen molar-refractivity contribution < 1.29 is 36.3 Å². The Morgan fingerprint density at radius 2 is 1.14 bits per heavy atom. The fraction of sp³-hybridized carbons (Fsp3) is 0. The van der Waals surface area contributed by atoms with Crippen LogP contribution in [-0.2, 0) is 21.6 Å². The fourth-order valence-electron chi connectivity index (χ4n) is 0. The molecule has 0 radical (unpaired) electrons. The number of hydrogen-bond donors (Lipinski definition) is 3. The predicted octanol–water partition coefficient (Wildman–Crippen LogP) is -1.58. The van der Waals surface area contributed by atoms with E-state index in [4.69, 9.17) is 19.2 Å². The minimum absolute atomic E-state index is 0. The molecule has 0 bridgehead atoms. The van der Waals surface area contributed by atoms with E-state index in [1.165, 1.54) is 0 Å². The first-order valence-electron chi connectivity index (χ1n) is 0.783. The van der Waals surface area contributed by atoms with E-state index in [1.807, 2.05) is 0 Å². The molecule has 0 aromatic carbocycles. The molecule has 7 heteroatoms. The van der Waals surface area contributed by atoms with Crippen molar-refractivity contribution in [1.29, 1.82) is 0 Å². The molecule has 0 saturated heterocycles. The molecule has 7 heavy (non-hydrogen) atoms. The molecule has 0 aliphatic carbocycles. The molecule has 0 spiro atoms. The minimum atomic E-state index is -4.64. The molecule has 0 fully saturated rings. The summed E-state index contributed by atoms with van der Waals surface area (Å²) in [6.07, 6.45) is 0. The predicted molar refractivity (Wildman–Crippen MR) is 21.4 cm³/mol. The monoisotopic (exact) mass is 107 g/mol. The van der Waals surface area contributed by atoms with Crippen molar-refractivity contribution in [2.24, 2.45) is 0 Å². The van der Waals surface area contributed by atoms with Gasteiger partial charge in [-0.1, -0.05) is 0 Å². The molecule has 0 amide bonds. The van der Waals surface area contributed by atoms with Crippen LogP contribution in [0.25, 0.3) is 0 Å². The van der Waals surface area contributed by atoms with E-state index >= 15 is 0 Å². The molecule has 0 aliphatic rings. The van der Waals surface area contributed by atoms with E-state index in [9.17, 15) is 0 Å². The third-order valence-corrected chi connectivity index (χ3v) is 0.